The maximum Gasteiger partial charge on any atom is 0.343 e. The zero-order chi connectivity index (χ0) is 23.1. The number of urea groups is 1. The van der Waals surface area contributed by atoms with Crippen LogP contribution in [0.15, 0.2) is 53.8 Å². The van der Waals surface area contributed by atoms with E-state index in [-0.39, 0.29) is 18.2 Å². The molecule has 166 valence electrons. The lowest BCUT2D eigenvalue weighted by molar-refractivity contribution is 0.0526. The minimum absolute atomic E-state index is 0.208. The lowest BCUT2D eigenvalue weighted by Gasteiger charge is -2.16. The molecule has 3 aromatic rings. The van der Waals surface area contributed by atoms with Crippen LogP contribution in [0, 0.1) is 13.8 Å². The number of nitrogens with zero attached hydrogens (tertiary/aromatic N) is 2. The third-order valence-corrected chi connectivity index (χ3v) is 5.15. The normalized spacial score (nSPS) is 10.4. The zero-order valence-electron chi connectivity index (χ0n) is 18.4. The van der Waals surface area contributed by atoms with Gasteiger partial charge in [-0.05, 0) is 50.3 Å². The molecule has 2 amide bonds. The summed E-state index contributed by atoms with van der Waals surface area (Å²) in [4.78, 5) is 33.6. The van der Waals surface area contributed by atoms with Gasteiger partial charge in [-0.1, -0.05) is 42.1 Å². The van der Waals surface area contributed by atoms with Crippen LogP contribution < -0.4 is 16.0 Å². The van der Waals surface area contributed by atoms with Crippen LogP contribution in [0.2, 0.25) is 0 Å². The number of thioether (sulfide) groups is 1. The number of aromatic nitrogens is 2. The predicted molar refractivity (Wildman–Crippen MR) is 128 cm³/mol. The molecule has 0 fully saturated rings. The highest BCUT2D eigenvalue weighted by molar-refractivity contribution is 7.98. The van der Waals surface area contributed by atoms with E-state index in [1.165, 1.54) is 18.0 Å². The Balaban J connectivity index is 1.86. The average molecular weight is 452 g/mol. The number of esters is 1. The summed E-state index contributed by atoms with van der Waals surface area (Å²) < 4.78 is 5.12. The number of aryl methyl sites for hydroxylation is 2. The van der Waals surface area contributed by atoms with E-state index in [4.69, 9.17) is 4.74 Å². The number of carbonyl (C=O) groups excluding carboxylic acids is 2. The van der Waals surface area contributed by atoms with Crippen molar-refractivity contribution in [1.29, 1.82) is 0 Å². The number of anilines is 4. The fourth-order valence-corrected chi connectivity index (χ4v) is 3.37. The number of benzene rings is 2. The van der Waals surface area contributed by atoms with Crippen molar-refractivity contribution in [3.63, 3.8) is 0 Å². The Labute approximate surface area is 191 Å². The highest BCUT2D eigenvalue weighted by Gasteiger charge is 2.18. The van der Waals surface area contributed by atoms with Gasteiger partial charge in [-0.15, -0.1) is 0 Å². The Bertz CT molecular complexity index is 1120. The van der Waals surface area contributed by atoms with Gasteiger partial charge in [-0.2, -0.15) is 0 Å². The Morgan fingerprint density at radius 2 is 1.69 bits per heavy atom. The van der Waals surface area contributed by atoms with Gasteiger partial charge in [0.2, 0.25) is 0 Å². The van der Waals surface area contributed by atoms with Crippen LogP contribution in [0.5, 0.6) is 0 Å². The third kappa shape index (κ3) is 5.55. The zero-order valence-corrected chi connectivity index (χ0v) is 19.2. The molecule has 0 unspecified atom stereocenters. The number of amides is 2. The Kier molecular flexibility index (Phi) is 7.67. The second-order valence-corrected chi connectivity index (χ2v) is 7.63. The number of hydrogen-bond donors (Lipinski definition) is 3. The molecule has 0 saturated heterocycles. The molecule has 1 aromatic heterocycles. The SMILES string of the molecule is CCOC(=O)c1cnc(SC)nc1Nc1ccccc1NC(=O)Nc1c(C)cccc1C. The Morgan fingerprint density at radius 1 is 1.00 bits per heavy atom. The van der Waals surface area contributed by atoms with Crippen LogP contribution in [-0.4, -0.2) is 34.8 Å². The molecule has 2 aromatic carbocycles. The van der Waals surface area contributed by atoms with Gasteiger partial charge in [0.15, 0.2) is 5.16 Å². The minimum Gasteiger partial charge on any atom is -0.462 e. The first-order valence-corrected chi connectivity index (χ1v) is 11.2. The summed E-state index contributed by atoms with van der Waals surface area (Å²) >= 11 is 1.35. The Hall–Kier alpha value is -3.59. The molecule has 0 radical (unpaired) electrons. The molecular formula is C23H25N5O3S. The number of nitrogens with one attached hydrogen (secondary N) is 3. The maximum atomic E-state index is 12.7. The van der Waals surface area contributed by atoms with Crippen molar-refractivity contribution in [3.8, 4) is 0 Å². The largest absolute Gasteiger partial charge is 0.462 e. The van der Waals surface area contributed by atoms with Crippen molar-refractivity contribution in [3.05, 3.63) is 65.4 Å². The summed E-state index contributed by atoms with van der Waals surface area (Å²) in [5.74, 6) is -0.229. The van der Waals surface area contributed by atoms with Crippen LogP contribution in [0.3, 0.4) is 0 Å². The van der Waals surface area contributed by atoms with E-state index in [1.54, 1.807) is 25.1 Å². The second-order valence-electron chi connectivity index (χ2n) is 6.86. The summed E-state index contributed by atoms with van der Waals surface area (Å²) in [5, 5.41) is 9.40. The molecule has 0 saturated carbocycles. The van der Waals surface area contributed by atoms with Gasteiger partial charge in [0.1, 0.15) is 11.4 Å². The molecule has 0 spiro atoms. The fraction of sp³-hybridized carbons (Fsp3) is 0.217. The fourth-order valence-electron chi connectivity index (χ4n) is 3.02. The number of rotatable bonds is 7. The molecule has 0 aliphatic rings. The van der Waals surface area contributed by atoms with E-state index in [0.29, 0.717) is 22.3 Å². The van der Waals surface area contributed by atoms with E-state index in [0.717, 1.165) is 16.8 Å². The van der Waals surface area contributed by atoms with Crippen LogP contribution in [0.1, 0.15) is 28.4 Å². The summed E-state index contributed by atoms with van der Waals surface area (Å²) in [6, 6.07) is 12.6. The molecule has 0 atom stereocenters. The molecule has 1 heterocycles. The molecule has 3 rings (SSSR count). The molecular weight excluding hydrogens is 426 g/mol. The van der Waals surface area contributed by atoms with Gasteiger partial charge in [-0.3, -0.25) is 0 Å². The maximum absolute atomic E-state index is 12.7. The topological polar surface area (TPSA) is 105 Å². The van der Waals surface area contributed by atoms with Crippen molar-refractivity contribution in [2.24, 2.45) is 0 Å². The van der Waals surface area contributed by atoms with Crippen molar-refractivity contribution < 1.29 is 14.3 Å². The highest BCUT2D eigenvalue weighted by atomic mass is 32.2. The lowest BCUT2D eigenvalue weighted by Crippen LogP contribution is -2.21. The van der Waals surface area contributed by atoms with E-state index in [1.807, 2.05) is 44.4 Å². The van der Waals surface area contributed by atoms with E-state index in [2.05, 4.69) is 25.9 Å². The van der Waals surface area contributed by atoms with Crippen molar-refractivity contribution >= 4 is 46.6 Å². The van der Waals surface area contributed by atoms with Crippen LogP contribution in [0.4, 0.5) is 27.7 Å². The second kappa shape index (κ2) is 10.6. The first kappa shape index (κ1) is 23.1. The lowest BCUT2D eigenvalue weighted by atomic mass is 10.1. The van der Waals surface area contributed by atoms with E-state index < -0.39 is 5.97 Å². The first-order chi connectivity index (χ1) is 15.4. The molecule has 8 nitrogen and oxygen atoms in total. The number of ether oxygens (including phenoxy) is 1. The summed E-state index contributed by atoms with van der Waals surface area (Å²) in [6.45, 7) is 5.84. The van der Waals surface area contributed by atoms with Crippen LogP contribution in [0.25, 0.3) is 0 Å². The number of hydrogen-bond acceptors (Lipinski definition) is 7. The van der Waals surface area contributed by atoms with Gasteiger partial charge < -0.3 is 20.7 Å². The third-order valence-electron chi connectivity index (χ3n) is 4.59. The van der Waals surface area contributed by atoms with Crippen LogP contribution in [-0.2, 0) is 4.74 Å². The van der Waals surface area contributed by atoms with Gasteiger partial charge in [0.25, 0.3) is 0 Å². The smallest absolute Gasteiger partial charge is 0.343 e. The van der Waals surface area contributed by atoms with Gasteiger partial charge in [-0.25, -0.2) is 19.6 Å². The standard InChI is InChI=1S/C23H25N5O3S/c1-5-31-21(29)16-13-24-23(32-4)28-20(16)25-17-11-6-7-12-18(17)26-22(30)27-19-14(2)9-8-10-15(19)3/h6-13H,5H2,1-4H3,(H,24,25,28)(H2,26,27,30). The van der Waals surface area contributed by atoms with Crippen LogP contribution >= 0.6 is 11.8 Å². The monoisotopic (exact) mass is 451 g/mol. The predicted octanol–water partition coefficient (Wildman–Crippen LogP) is 5.38. The number of para-hydroxylation sites is 3. The molecule has 3 N–H and O–H groups in total. The van der Waals surface area contributed by atoms with E-state index in [9.17, 15) is 9.59 Å². The quantitative estimate of drug-likeness (QED) is 0.252. The average Bonchev–Trinajstić information content (AvgIpc) is 2.78. The van der Waals surface area contributed by atoms with Gasteiger partial charge in [0.05, 0.1) is 18.0 Å². The highest BCUT2D eigenvalue weighted by Crippen LogP contribution is 2.28. The Morgan fingerprint density at radius 3 is 2.34 bits per heavy atom. The summed E-state index contributed by atoms with van der Waals surface area (Å²) in [5.41, 5.74) is 4.00. The van der Waals surface area contributed by atoms with Gasteiger partial charge >= 0.3 is 12.0 Å². The molecule has 0 bridgehead atoms. The van der Waals surface area contributed by atoms with E-state index >= 15 is 0 Å². The van der Waals surface area contributed by atoms with Crippen molar-refractivity contribution in [1.82, 2.24) is 9.97 Å². The minimum atomic E-state index is -0.527. The summed E-state index contributed by atoms with van der Waals surface area (Å²) in [7, 11) is 0. The van der Waals surface area contributed by atoms with Crippen molar-refractivity contribution in [2.45, 2.75) is 25.9 Å². The number of carbonyl (C=O) groups is 2. The molecule has 32 heavy (non-hydrogen) atoms. The van der Waals surface area contributed by atoms with Gasteiger partial charge in [0, 0.05) is 11.9 Å². The summed E-state index contributed by atoms with van der Waals surface area (Å²) in [6.07, 6.45) is 3.28. The molecule has 0 aliphatic heterocycles. The first-order valence-electron chi connectivity index (χ1n) is 10.0. The van der Waals surface area contributed by atoms with Crippen molar-refractivity contribution in [2.75, 3.05) is 28.8 Å². The molecule has 0 aliphatic carbocycles. The molecule has 9 heteroatoms.